The Balaban J connectivity index is 1.04. The van der Waals surface area contributed by atoms with E-state index in [-0.39, 0.29) is 11.6 Å². The fraction of sp³-hybridized carbons (Fsp3) is 0.440. The molecule has 3 aromatic rings. The van der Waals surface area contributed by atoms with Crippen molar-refractivity contribution in [1.82, 2.24) is 10.1 Å². The number of piperidine rings is 1. The molecule has 6 nitrogen and oxygen atoms in total. The largest absolute Gasteiger partial charge is 0.493 e. The maximum absolute atomic E-state index is 13.4. The summed E-state index contributed by atoms with van der Waals surface area (Å²) in [5.74, 6) is 1.58. The molecule has 5 rings (SSSR count). The van der Waals surface area contributed by atoms with Crippen molar-refractivity contribution >= 4 is 16.8 Å². The fourth-order valence-corrected chi connectivity index (χ4v) is 4.61. The van der Waals surface area contributed by atoms with E-state index in [0.717, 1.165) is 62.1 Å². The third-order valence-electron chi connectivity index (χ3n) is 6.41. The van der Waals surface area contributed by atoms with Crippen molar-refractivity contribution in [1.29, 1.82) is 0 Å². The monoisotopic (exact) mass is 438 g/mol. The molecule has 0 saturated carbocycles. The highest BCUT2D eigenvalue weighted by Gasteiger charge is 2.25. The molecule has 168 valence electrons. The summed E-state index contributed by atoms with van der Waals surface area (Å²) in [6.45, 7) is 4.18. The molecular formula is C25H27FN2O4. The highest BCUT2D eigenvalue weighted by Crippen LogP contribution is 2.33. The van der Waals surface area contributed by atoms with Gasteiger partial charge in [-0.3, -0.25) is 4.79 Å². The second-order valence-electron chi connectivity index (χ2n) is 8.56. The van der Waals surface area contributed by atoms with Gasteiger partial charge in [-0.25, -0.2) is 4.39 Å². The van der Waals surface area contributed by atoms with Gasteiger partial charge in [-0.05, 0) is 69.6 Å². The van der Waals surface area contributed by atoms with Gasteiger partial charge in [-0.15, -0.1) is 0 Å². The van der Waals surface area contributed by atoms with Crippen LogP contribution in [-0.2, 0) is 0 Å². The Morgan fingerprint density at radius 3 is 2.88 bits per heavy atom. The van der Waals surface area contributed by atoms with Crippen molar-refractivity contribution < 1.29 is 23.2 Å². The molecule has 32 heavy (non-hydrogen) atoms. The quantitative estimate of drug-likeness (QED) is 0.485. The minimum Gasteiger partial charge on any atom is -0.493 e. The normalized spacial score (nSPS) is 17.3. The van der Waals surface area contributed by atoms with Crippen LogP contribution in [0.3, 0.4) is 0 Å². The van der Waals surface area contributed by atoms with E-state index in [1.165, 1.54) is 12.1 Å². The number of hydrogen-bond donors (Lipinski definition) is 0. The smallest absolute Gasteiger partial charge is 0.170 e. The zero-order valence-corrected chi connectivity index (χ0v) is 18.0. The van der Waals surface area contributed by atoms with Crippen LogP contribution in [0.15, 0.2) is 40.9 Å². The number of aromatic nitrogens is 1. The van der Waals surface area contributed by atoms with E-state index in [1.807, 2.05) is 12.1 Å². The van der Waals surface area contributed by atoms with Gasteiger partial charge in [0.25, 0.3) is 0 Å². The molecule has 0 amide bonds. The SMILES string of the molecule is O=C1CCOc2cc(OCCCCN3CCC(c4noc5cc(F)ccc45)CC3)ccc21. The van der Waals surface area contributed by atoms with E-state index in [2.05, 4.69) is 10.1 Å². The summed E-state index contributed by atoms with van der Waals surface area (Å²) in [5, 5.41) is 5.16. The van der Waals surface area contributed by atoms with Crippen molar-refractivity contribution in [3.8, 4) is 11.5 Å². The molecule has 2 aliphatic heterocycles. The number of rotatable bonds is 7. The molecule has 0 bridgehead atoms. The van der Waals surface area contributed by atoms with Crippen molar-refractivity contribution in [3.63, 3.8) is 0 Å². The average Bonchev–Trinajstić information content (AvgIpc) is 3.22. The van der Waals surface area contributed by atoms with Crippen LogP contribution in [0.5, 0.6) is 11.5 Å². The van der Waals surface area contributed by atoms with Crippen LogP contribution in [-0.4, -0.2) is 48.7 Å². The highest BCUT2D eigenvalue weighted by atomic mass is 19.1. The number of ketones is 1. The lowest BCUT2D eigenvalue weighted by Crippen LogP contribution is -2.34. The number of fused-ring (bicyclic) bond motifs is 2. The van der Waals surface area contributed by atoms with Gasteiger partial charge in [0.2, 0.25) is 0 Å². The molecule has 2 aliphatic rings. The molecule has 1 saturated heterocycles. The van der Waals surface area contributed by atoms with E-state index >= 15 is 0 Å². The first-order valence-corrected chi connectivity index (χ1v) is 11.4. The number of unbranched alkanes of at least 4 members (excludes halogenated alkanes) is 1. The first-order valence-electron chi connectivity index (χ1n) is 11.4. The maximum atomic E-state index is 13.4. The number of carbonyl (C=O) groups excluding carboxylic acids is 1. The molecule has 2 aromatic carbocycles. The van der Waals surface area contributed by atoms with Gasteiger partial charge >= 0.3 is 0 Å². The summed E-state index contributed by atoms with van der Waals surface area (Å²) in [4.78, 5) is 14.3. The lowest BCUT2D eigenvalue weighted by Gasteiger charge is -2.31. The molecule has 3 heterocycles. The summed E-state index contributed by atoms with van der Waals surface area (Å²) in [5.41, 5.74) is 2.14. The Morgan fingerprint density at radius 1 is 1.12 bits per heavy atom. The average molecular weight is 438 g/mol. The zero-order valence-electron chi connectivity index (χ0n) is 18.0. The fourth-order valence-electron chi connectivity index (χ4n) is 4.61. The van der Waals surface area contributed by atoms with Crippen LogP contribution in [0.2, 0.25) is 0 Å². The third-order valence-corrected chi connectivity index (χ3v) is 6.41. The Bertz CT molecular complexity index is 1100. The van der Waals surface area contributed by atoms with E-state index in [0.29, 0.717) is 42.4 Å². The lowest BCUT2D eigenvalue weighted by molar-refractivity contribution is 0.0933. The second kappa shape index (κ2) is 9.28. The van der Waals surface area contributed by atoms with Crippen LogP contribution in [0.4, 0.5) is 4.39 Å². The summed E-state index contributed by atoms with van der Waals surface area (Å²) in [6, 6.07) is 10.1. The predicted octanol–water partition coefficient (Wildman–Crippen LogP) is 4.97. The number of carbonyl (C=O) groups is 1. The van der Waals surface area contributed by atoms with E-state index < -0.39 is 0 Å². The van der Waals surface area contributed by atoms with Crippen molar-refractivity contribution in [2.45, 2.75) is 38.0 Å². The molecule has 0 aliphatic carbocycles. The number of benzene rings is 2. The second-order valence-corrected chi connectivity index (χ2v) is 8.56. The zero-order chi connectivity index (χ0) is 21.9. The molecule has 7 heteroatoms. The number of likely N-dealkylation sites (tertiary alicyclic amines) is 1. The summed E-state index contributed by atoms with van der Waals surface area (Å²) >= 11 is 0. The Morgan fingerprint density at radius 2 is 2.00 bits per heavy atom. The van der Waals surface area contributed by atoms with E-state index in [9.17, 15) is 9.18 Å². The van der Waals surface area contributed by atoms with Crippen molar-refractivity contribution in [3.05, 3.63) is 53.5 Å². The van der Waals surface area contributed by atoms with Gasteiger partial charge in [0.1, 0.15) is 17.3 Å². The van der Waals surface area contributed by atoms with Gasteiger partial charge in [0.15, 0.2) is 11.4 Å². The minimum atomic E-state index is -0.297. The summed E-state index contributed by atoms with van der Waals surface area (Å²) in [7, 11) is 0. The van der Waals surface area contributed by atoms with Crippen LogP contribution in [0.25, 0.3) is 11.0 Å². The van der Waals surface area contributed by atoms with Crippen molar-refractivity contribution in [2.24, 2.45) is 0 Å². The van der Waals surface area contributed by atoms with Gasteiger partial charge in [0, 0.05) is 29.9 Å². The van der Waals surface area contributed by atoms with Gasteiger partial charge < -0.3 is 18.9 Å². The molecule has 0 atom stereocenters. The molecule has 0 radical (unpaired) electrons. The number of nitrogens with zero attached hydrogens (tertiary/aromatic N) is 2. The molecule has 0 N–H and O–H groups in total. The first kappa shape index (κ1) is 20.9. The number of Topliss-reactive ketones (excluding diaryl/α,β-unsaturated/α-hetero) is 1. The maximum Gasteiger partial charge on any atom is 0.170 e. The molecule has 0 spiro atoms. The Kier molecular flexibility index (Phi) is 6.08. The van der Waals surface area contributed by atoms with Gasteiger partial charge in [0.05, 0.1) is 24.5 Å². The molecule has 0 unspecified atom stereocenters. The van der Waals surface area contributed by atoms with Gasteiger partial charge in [-0.2, -0.15) is 0 Å². The number of ether oxygens (including phenoxy) is 2. The van der Waals surface area contributed by atoms with E-state index in [4.69, 9.17) is 14.0 Å². The van der Waals surface area contributed by atoms with E-state index in [1.54, 1.807) is 12.1 Å². The highest BCUT2D eigenvalue weighted by molar-refractivity contribution is 5.99. The Hall–Kier alpha value is -2.93. The van der Waals surface area contributed by atoms with Crippen LogP contribution < -0.4 is 9.47 Å². The van der Waals surface area contributed by atoms with Crippen molar-refractivity contribution in [2.75, 3.05) is 32.8 Å². The standard InChI is InChI=1S/C25H27FN2O4/c26-18-3-5-21-24(15-18)32-27-25(21)17-7-11-28(12-8-17)10-1-2-13-30-19-4-6-20-22(29)9-14-31-23(20)16-19/h3-6,15-17H,1-2,7-14H2. The molecular weight excluding hydrogens is 411 g/mol. The van der Waals surface area contributed by atoms with Crippen LogP contribution >= 0.6 is 0 Å². The molecule has 1 fully saturated rings. The van der Waals surface area contributed by atoms with Crippen LogP contribution in [0.1, 0.15) is 54.1 Å². The predicted molar refractivity (Wildman–Crippen MR) is 118 cm³/mol. The van der Waals surface area contributed by atoms with Gasteiger partial charge in [-0.1, -0.05) is 5.16 Å². The number of hydrogen-bond acceptors (Lipinski definition) is 6. The Labute approximate surface area is 186 Å². The third kappa shape index (κ3) is 4.48. The molecule has 1 aromatic heterocycles. The summed E-state index contributed by atoms with van der Waals surface area (Å²) in [6.07, 6.45) is 4.54. The van der Waals surface area contributed by atoms with Crippen LogP contribution in [0, 0.1) is 5.82 Å². The first-order chi connectivity index (χ1) is 15.7. The lowest BCUT2D eigenvalue weighted by atomic mass is 9.91. The number of halogens is 1. The summed E-state index contributed by atoms with van der Waals surface area (Å²) < 4.78 is 30.1. The minimum absolute atomic E-state index is 0.132. The topological polar surface area (TPSA) is 64.8 Å².